The largest absolute Gasteiger partial charge is 0.423 e. The van der Waals surface area contributed by atoms with Crippen LogP contribution in [0.4, 0.5) is 0 Å². The van der Waals surface area contributed by atoms with Crippen LogP contribution < -0.4 is 11.4 Å². The van der Waals surface area contributed by atoms with Crippen LogP contribution in [0.25, 0.3) is 11.0 Å². The number of unbranched alkanes of at least 4 members (excludes halogenated alkanes) is 1. The van der Waals surface area contributed by atoms with Gasteiger partial charge in [-0.25, -0.2) is 14.6 Å². The molecule has 2 heterocycles. The number of nitrogens with zero attached hydrogens (tertiary/aromatic N) is 2. The fraction of sp³-hybridized carbons (Fsp3) is 0.278. The number of hydrogen-bond donors (Lipinski definition) is 0. The van der Waals surface area contributed by atoms with Crippen LogP contribution >= 0.6 is 31.9 Å². The van der Waals surface area contributed by atoms with Crippen LogP contribution in [0.1, 0.15) is 25.3 Å². The average molecular weight is 470 g/mol. The van der Waals surface area contributed by atoms with Gasteiger partial charge in [-0.15, -0.1) is 0 Å². The zero-order valence-corrected chi connectivity index (χ0v) is 16.9. The van der Waals surface area contributed by atoms with Crippen molar-refractivity contribution in [3.8, 4) is 0 Å². The van der Waals surface area contributed by atoms with Crippen molar-refractivity contribution in [2.24, 2.45) is 0 Å². The molecule has 3 rings (SSSR count). The normalized spacial score (nSPS) is 10.4. The summed E-state index contributed by atoms with van der Waals surface area (Å²) in [5, 5.41) is 1.45. The summed E-state index contributed by atoms with van der Waals surface area (Å²) in [6.07, 6.45) is 4.14. The maximum absolute atomic E-state index is 11.9. The molecule has 0 aliphatic carbocycles. The van der Waals surface area contributed by atoms with E-state index in [0.717, 1.165) is 15.4 Å². The topological polar surface area (TPSA) is 65.1 Å². The highest BCUT2D eigenvalue weighted by Gasteiger charge is 2.10. The molecule has 0 fully saturated rings. The number of benzene rings is 1. The third-order valence-corrected chi connectivity index (χ3v) is 4.49. The Morgan fingerprint density at radius 3 is 2.48 bits per heavy atom. The Kier molecular flexibility index (Phi) is 7.58. The second-order valence-corrected chi connectivity index (χ2v) is 6.99. The van der Waals surface area contributed by atoms with E-state index in [1.165, 1.54) is 17.4 Å². The third kappa shape index (κ3) is 5.37. The fourth-order valence-electron chi connectivity index (χ4n) is 2.09. The molecule has 0 N–H and O–H groups in total. The van der Waals surface area contributed by atoms with Gasteiger partial charge in [0, 0.05) is 16.0 Å². The lowest BCUT2D eigenvalue weighted by Crippen LogP contribution is -2.26. The molecule has 0 aliphatic heterocycles. The van der Waals surface area contributed by atoms with Gasteiger partial charge in [-0.1, -0.05) is 57.3 Å². The van der Waals surface area contributed by atoms with Crippen LogP contribution in [-0.2, 0) is 6.54 Å². The Bertz CT molecular complexity index is 931. The summed E-state index contributed by atoms with van der Waals surface area (Å²) in [6.45, 7) is 2.48. The van der Waals surface area contributed by atoms with Gasteiger partial charge in [0.25, 0.3) is 0 Å². The summed E-state index contributed by atoms with van der Waals surface area (Å²) < 4.78 is 7.02. The molecule has 3 aromatic rings. The minimum Gasteiger partial charge on any atom is -0.372 e. The maximum Gasteiger partial charge on any atom is 0.423 e. The van der Waals surface area contributed by atoms with E-state index >= 15 is 0 Å². The third-order valence-electron chi connectivity index (χ3n) is 3.40. The van der Waals surface area contributed by atoms with E-state index in [0.29, 0.717) is 17.6 Å². The molecule has 0 unspecified atom stereocenters. The Hall–Kier alpha value is -1.73. The summed E-state index contributed by atoms with van der Waals surface area (Å²) in [5.41, 5.74) is 0.581. The van der Waals surface area contributed by atoms with Crippen LogP contribution in [-0.4, -0.2) is 14.9 Å². The van der Waals surface area contributed by atoms with Crippen molar-refractivity contribution in [2.75, 3.05) is 5.33 Å². The smallest absolute Gasteiger partial charge is 0.372 e. The van der Waals surface area contributed by atoms with Crippen molar-refractivity contribution in [1.82, 2.24) is 9.55 Å². The second kappa shape index (κ2) is 9.68. The van der Waals surface area contributed by atoms with Crippen molar-refractivity contribution >= 4 is 42.9 Å². The molecule has 0 saturated carbocycles. The number of rotatable bonds is 4. The lowest BCUT2D eigenvalue weighted by molar-refractivity contribution is 0.423. The molecule has 5 nitrogen and oxygen atoms in total. The number of pyridine rings is 1. The molecule has 1 aromatic carbocycles. The summed E-state index contributed by atoms with van der Waals surface area (Å²) in [5.74, 6) is -0.705. The standard InChI is InChI=1S/C14H9BrN2O3.C4H9Br/c15-10-5-3-9(4-6-10)8-17-12-11(2-1-7-16-12)13(18)20-14(17)19;1-2-3-4-5/h1-7H,8H2;2-4H2,1H3. The highest BCUT2D eigenvalue weighted by molar-refractivity contribution is 9.10. The molecule has 132 valence electrons. The number of halogens is 2. The number of aromatic nitrogens is 2. The Morgan fingerprint density at radius 2 is 1.88 bits per heavy atom. The van der Waals surface area contributed by atoms with Crippen molar-refractivity contribution in [1.29, 1.82) is 0 Å². The van der Waals surface area contributed by atoms with E-state index in [1.54, 1.807) is 18.3 Å². The minimum absolute atomic E-state index is 0.295. The summed E-state index contributed by atoms with van der Waals surface area (Å²) >= 11 is 6.66. The van der Waals surface area contributed by atoms with Gasteiger partial charge < -0.3 is 4.42 Å². The lowest BCUT2D eigenvalue weighted by atomic mass is 10.2. The molecule has 25 heavy (non-hydrogen) atoms. The van der Waals surface area contributed by atoms with Crippen LogP contribution in [0, 0.1) is 0 Å². The average Bonchev–Trinajstić information content (AvgIpc) is 2.61. The highest BCUT2D eigenvalue weighted by Crippen LogP contribution is 2.12. The molecular weight excluding hydrogens is 452 g/mol. The number of alkyl halides is 1. The first-order valence-electron chi connectivity index (χ1n) is 7.86. The van der Waals surface area contributed by atoms with Crippen molar-refractivity contribution < 1.29 is 4.42 Å². The molecule has 2 aromatic heterocycles. The van der Waals surface area contributed by atoms with Crippen molar-refractivity contribution in [2.45, 2.75) is 26.3 Å². The van der Waals surface area contributed by atoms with Gasteiger partial charge in [0.2, 0.25) is 0 Å². The first kappa shape index (κ1) is 19.6. The molecule has 0 spiro atoms. The van der Waals surface area contributed by atoms with E-state index in [4.69, 9.17) is 4.42 Å². The van der Waals surface area contributed by atoms with E-state index in [9.17, 15) is 9.59 Å². The molecule has 0 bridgehead atoms. The van der Waals surface area contributed by atoms with Crippen molar-refractivity contribution in [3.05, 3.63) is 73.6 Å². The SMILES string of the molecule is CCCCBr.O=c1oc(=O)n(Cc2ccc(Br)cc2)c2ncccc12. The maximum atomic E-state index is 11.9. The Balaban J connectivity index is 0.000000399. The van der Waals surface area contributed by atoms with Gasteiger partial charge in [-0.2, -0.15) is 0 Å². The van der Waals surface area contributed by atoms with E-state index < -0.39 is 11.4 Å². The van der Waals surface area contributed by atoms with Gasteiger partial charge in [0.15, 0.2) is 5.65 Å². The molecule has 0 radical (unpaired) electrons. The van der Waals surface area contributed by atoms with E-state index in [2.05, 4.69) is 43.8 Å². The summed E-state index contributed by atoms with van der Waals surface area (Å²) in [4.78, 5) is 27.6. The molecular formula is C18H18Br2N2O3. The predicted molar refractivity (Wildman–Crippen MR) is 106 cm³/mol. The minimum atomic E-state index is -0.705. The van der Waals surface area contributed by atoms with Gasteiger partial charge in [0.05, 0.1) is 6.54 Å². The van der Waals surface area contributed by atoms with Gasteiger partial charge in [0.1, 0.15) is 5.39 Å². The Morgan fingerprint density at radius 1 is 1.16 bits per heavy atom. The quantitative estimate of drug-likeness (QED) is 0.533. The van der Waals surface area contributed by atoms with Gasteiger partial charge in [-0.3, -0.25) is 4.57 Å². The van der Waals surface area contributed by atoms with Gasteiger partial charge in [-0.05, 0) is 36.2 Å². The van der Waals surface area contributed by atoms with Crippen molar-refractivity contribution in [3.63, 3.8) is 0 Å². The first-order valence-corrected chi connectivity index (χ1v) is 9.77. The predicted octanol–water partition coefficient (Wildman–Crippen LogP) is 4.34. The fourth-order valence-corrected chi connectivity index (χ4v) is 2.92. The number of fused-ring (bicyclic) bond motifs is 1. The van der Waals surface area contributed by atoms with Crippen LogP contribution in [0.3, 0.4) is 0 Å². The summed E-state index contributed by atoms with van der Waals surface area (Å²) in [6, 6.07) is 10.8. The first-order chi connectivity index (χ1) is 12.1. The monoisotopic (exact) mass is 468 g/mol. The molecule has 0 aliphatic rings. The molecule has 0 atom stereocenters. The molecule has 7 heteroatoms. The van der Waals surface area contributed by atoms with Crippen LogP contribution in [0.15, 0.2) is 61.1 Å². The summed E-state index contributed by atoms with van der Waals surface area (Å²) in [7, 11) is 0. The molecule has 0 saturated heterocycles. The zero-order valence-electron chi connectivity index (χ0n) is 13.7. The number of hydrogen-bond acceptors (Lipinski definition) is 4. The van der Waals surface area contributed by atoms with Crippen LogP contribution in [0.5, 0.6) is 0 Å². The second-order valence-electron chi connectivity index (χ2n) is 5.29. The van der Waals surface area contributed by atoms with Crippen LogP contribution in [0.2, 0.25) is 0 Å². The zero-order chi connectivity index (χ0) is 18.2. The van der Waals surface area contributed by atoms with E-state index in [1.807, 2.05) is 24.3 Å². The highest BCUT2D eigenvalue weighted by atomic mass is 79.9. The molecule has 0 amide bonds. The lowest BCUT2D eigenvalue weighted by Gasteiger charge is -2.07. The van der Waals surface area contributed by atoms with Gasteiger partial charge >= 0.3 is 11.4 Å². The Labute approximate surface area is 162 Å². The van der Waals surface area contributed by atoms with E-state index in [-0.39, 0.29) is 0 Å².